The third-order valence-corrected chi connectivity index (χ3v) is 3.92. The van der Waals surface area contributed by atoms with Gasteiger partial charge in [-0.3, -0.25) is 4.79 Å². The van der Waals surface area contributed by atoms with Crippen molar-refractivity contribution >= 4 is 11.9 Å². The summed E-state index contributed by atoms with van der Waals surface area (Å²) in [6.45, 7) is 4.38. The summed E-state index contributed by atoms with van der Waals surface area (Å²) in [5.74, 6) is -2.13. The van der Waals surface area contributed by atoms with Gasteiger partial charge in [0, 0.05) is 13.0 Å². The Hall–Kier alpha value is -1.68. The molecular weight excluding hydrogens is 320 g/mol. The van der Waals surface area contributed by atoms with Crippen LogP contribution < -0.4 is 10.6 Å². The molecule has 0 aromatic carbocycles. The summed E-state index contributed by atoms with van der Waals surface area (Å²) in [5, 5.41) is 43.9. The molecule has 138 valence electrons. The first-order valence-electron chi connectivity index (χ1n) is 7.83. The molecular formula is C15H26N2O7. The van der Waals surface area contributed by atoms with E-state index >= 15 is 0 Å². The monoisotopic (exact) mass is 346 g/mol. The van der Waals surface area contributed by atoms with Crippen molar-refractivity contribution in [2.75, 3.05) is 6.61 Å². The van der Waals surface area contributed by atoms with Crippen LogP contribution in [0.25, 0.3) is 0 Å². The Balaban J connectivity index is 3.20. The van der Waals surface area contributed by atoms with Gasteiger partial charge in [-0.25, -0.2) is 4.79 Å². The second-order valence-corrected chi connectivity index (χ2v) is 5.89. The summed E-state index contributed by atoms with van der Waals surface area (Å²) in [5.41, 5.74) is 0. The normalized spacial score (nSPS) is 27.4. The van der Waals surface area contributed by atoms with E-state index in [-0.39, 0.29) is 6.04 Å². The molecule has 0 fully saturated rings. The van der Waals surface area contributed by atoms with Crippen LogP contribution in [0, 0.1) is 0 Å². The SMILES string of the molecule is CCC(C)N[C@H]1C=C(C(=O)O)O[C@@H]([C@H](O)[C@H](O)CO)[C@@H]1NC(C)=O. The molecule has 0 bridgehead atoms. The van der Waals surface area contributed by atoms with Crippen LogP contribution in [0.3, 0.4) is 0 Å². The van der Waals surface area contributed by atoms with Crippen LogP contribution in [-0.2, 0) is 14.3 Å². The maximum atomic E-state index is 11.5. The van der Waals surface area contributed by atoms with E-state index in [2.05, 4.69) is 10.6 Å². The minimum atomic E-state index is -1.59. The van der Waals surface area contributed by atoms with E-state index < -0.39 is 54.6 Å². The van der Waals surface area contributed by atoms with E-state index in [0.29, 0.717) is 0 Å². The number of amides is 1. The molecule has 0 saturated carbocycles. The third-order valence-electron chi connectivity index (χ3n) is 3.92. The van der Waals surface area contributed by atoms with Crippen molar-refractivity contribution in [1.29, 1.82) is 0 Å². The Morgan fingerprint density at radius 2 is 2.00 bits per heavy atom. The third kappa shape index (κ3) is 5.17. The average molecular weight is 346 g/mol. The molecule has 0 saturated heterocycles. The van der Waals surface area contributed by atoms with Crippen LogP contribution in [0.4, 0.5) is 0 Å². The lowest BCUT2D eigenvalue weighted by atomic mass is 9.91. The van der Waals surface area contributed by atoms with Crippen LogP contribution in [0.15, 0.2) is 11.8 Å². The molecule has 6 N–H and O–H groups in total. The van der Waals surface area contributed by atoms with E-state index in [1.165, 1.54) is 13.0 Å². The fraction of sp³-hybridized carbons (Fsp3) is 0.733. The quantitative estimate of drug-likeness (QED) is 0.306. The van der Waals surface area contributed by atoms with E-state index in [1.54, 1.807) is 0 Å². The standard InChI is InChI=1S/C15H26N2O7/c1-4-7(2)16-9-5-11(15(22)23)24-14(12(9)17-8(3)19)13(21)10(20)6-18/h5,7,9-10,12-14,16,18,20-21H,4,6H2,1-3H3,(H,17,19)(H,22,23)/t7?,9-,10+,12+,13+,14+/m0/s1. The number of aliphatic hydroxyl groups excluding tert-OH is 3. The van der Waals surface area contributed by atoms with E-state index in [1.807, 2.05) is 13.8 Å². The Labute approximate surface area is 140 Å². The minimum Gasteiger partial charge on any atom is -0.478 e. The zero-order valence-electron chi connectivity index (χ0n) is 14.0. The summed E-state index contributed by atoms with van der Waals surface area (Å²) in [6.07, 6.45) is -2.29. The molecule has 0 radical (unpaired) electrons. The van der Waals surface area contributed by atoms with Crippen LogP contribution in [-0.4, -0.2) is 75.3 Å². The molecule has 1 rings (SSSR count). The van der Waals surface area contributed by atoms with Gasteiger partial charge in [0.2, 0.25) is 11.7 Å². The van der Waals surface area contributed by atoms with Gasteiger partial charge in [0.1, 0.15) is 18.3 Å². The highest BCUT2D eigenvalue weighted by molar-refractivity contribution is 5.84. The number of carbonyl (C=O) groups excluding carboxylic acids is 1. The summed E-state index contributed by atoms with van der Waals surface area (Å²) in [6, 6.07) is -1.44. The summed E-state index contributed by atoms with van der Waals surface area (Å²) in [4.78, 5) is 22.8. The van der Waals surface area contributed by atoms with Gasteiger partial charge in [0.05, 0.1) is 18.7 Å². The maximum absolute atomic E-state index is 11.5. The molecule has 9 heteroatoms. The summed E-state index contributed by atoms with van der Waals surface area (Å²) >= 11 is 0. The second kappa shape index (κ2) is 8.97. The number of hydrogen-bond acceptors (Lipinski definition) is 7. The van der Waals surface area contributed by atoms with Gasteiger partial charge in [-0.2, -0.15) is 0 Å². The van der Waals surface area contributed by atoms with Crippen molar-refractivity contribution in [3.63, 3.8) is 0 Å². The number of carboxylic acid groups (broad SMARTS) is 1. The number of aliphatic carboxylic acids is 1. The van der Waals surface area contributed by atoms with E-state index in [9.17, 15) is 24.9 Å². The van der Waals surface area contributed by atoms with E-state index in [4.69, 9.17) is 9.84 Å². The van der Waals surface area contributed by atoms with Crippen molar-refractivity contribution in [2.45, 2.75) is 63.6 Å². The molecule has 1 unspecified atom stereocenters. The molecule has 1 heterocycles. The zero-order valence-corrected chi connectivity index (χ0v) is 14.0. The van der Waals surface area contributed by atoms with Crippen LogP contribution in [0.1, 0.15) is 27.2 Å². The van der Waals surface area contributed by atoms with Gasteiger partial charge in [-0.1, -0.05) is 6.92 Å². The molecule has 0 aromatic rings. The smallest absolute Gasteiger partial charge is 0.370 e. The lowest BCUT2D eigenvalue weighted by molar-refractivity contribution is -0.146. The molecule has 1 aliphatic rings. The first-order chi connectivity index (χ1) is 11.2. The van der Waals surface area contributed by atoms with Gasteiger partial charge in [-0.15, -0.1) is 0 Å². The van der Waals surface area contributed by atoms with Crippen LogP contribution in [0.5, 0.6) is 0 Å². The highest BCUT2D eigenvalue weighted by atomic mass is 16.5. The number of rotatable bonds is 8. The Morgan fingerprint density at radius 1 is 1.38 bits per heavy atom. The highest BCUT2D eigenvalue weighted by Gasteiger charge is 2.43. The van der Waals surface area contributed by atoms with E-state index in [0.717, 1.165) is 6.42 Å². The minimum absolute atomic E-state index is 0.0104. The van der Waals surface area contributed by atoms with Crippen LogP contribution >= 0.6 is 0 Å². The van der Waals surface area contributed by atoms with Crippen molar-refractivity contribution in [1.82, 2.24) is 10.6 Å². The highest BCUT2D eigenvalue weighted by Crippen LogP contribution is 2.23. The lowest BCUT2D eigenvalue weighted by Crippen LogP contribution is -2.63. The molecule has 9 nitrogen and oxygen atoms in total. The summed E-state index contributed by atoms with van der Waals surface area (Å²) in [7, 11) is 0. The number of aliphatic hydroxyl groups is 3. The topological polar surface area (TPSA) is 148 Å². The summed E-state index contributed by atoms with van der Waals surface area (Å²) < 4.78 is 5.28. The molecule has 1 amide bonds. The van der Waals surface area contributed by atoms with Gasteiger partial charge >= 0.3 is 5.97 Å². The molecule has 6 atom stereocenters. The van der Waals surface area contributed by atoms with Crippen molar-refractivity contribution in [3.8, 4) is 0 Å². The largest absolute Gasteiger partial charge is 0.478 e. The average Bonchev–Trinajstić information content (AvgIpc) is 2.53. The molecule has 0 spiro atoms. The first-order valence-corrected chi connectivity index (χ1v) is 7.83. The molecule has 0 aromatic heterocycles. The van der Waals surface area contributed by atoms with Crippen molar-refractivity contribution in [2.24, 2.45) is 0 Å². The Bertz CT molecular complexity index is 482. The lowest BCUT2D eigenvalue weighted by Gasteiger charge is -2.41. The van der Waals surface area contributed by atoms with Crippen LogP contribution in [0.2, 0.25) is 0 Å². The molecule has 24 heavy (non-hydrogen) atoms. The predicted molar refractivity (Wildman–Crippen MR) is 84.0 cm³/mol. The fourth-order valence-corrected chi connectivity index (χ4v) is 2.47. The fourth-order valence-electron chi connectivity index (χ4n) is 2.47. The number of nitrogens with one attached hydrogen (secondary N) is 2. The van der Waals surface area contributed by atoms with Gasteiger partial charge < -0.3 is 35.8 Å². The van der Waals surface area contributed by atoms with Crippen molar-refractivity contribution < 1.29 is 34.8 Å². The number of ether oxygens (including phenoxy) is 1. The predicted octanol–water partition coefficient (Wildman–Crippen LogP) is -1.67. The zero-order chi connectivity index (χ0) is 18.4. The second-order valence-electron chi connectivity index (χ2n) is 5.89. The number of carboxylic acids is 1. The maximum Gasteiger partial charge on any atom is 0.370 e. The van der Waals surface area contributed by atoms with Crippen molar-refractivity contribution in [3.05, 3.63) is 11.8 Å². The molecule has 1 aliphatic heterocycles. The molecule has 0 aliphatic carbocycles. The first kappa shape index (κ1) is 20.4. The number of hydrogen-bond donors (Lipinski definition) is 6. The van der Waals surface area contributed by atoms with Gasteiger partial charge in [0.15, 0.2) is 0 Å². The number of carbonyl (C=O) groups is 2. The van der Waals surface area contributed by atoms with Gasteiger partial charge in [-0.05, 0) is 19.4 Å². The Morgan fingerprint density at radius 3 is 2.46 bits per heavy atom. The Kier molecular flexibility index (Phi) is 7.61. The van der Waals surface area contributed by atoms with Gasteiger partial charge in [0.25, 0.3) is 0 Å².